The normalized spacial score (nSPS) is 16.1. The molecule has 0 spiro atoms. The molecule has 0 aliphatic carbocycles. The topological polar surface area (TPSA) is 84.5 Å². The van der Waals surface area contributed by atoms with E-state index in [0.29, 0.717) is 23.4 Å². The molecule has 1 aromatic carbocycles. The van der Waals surface area contributed by atoms with Gasteiger partial charge in [-0.3, -0.25) is 4.79 Å². The molecular weight excluding hydrogens is 280 g/mol. The van der Waals surface area contributed by atoms with Gasteiger partial charge in [0, 0.05) is 12.1 Å². The Morgan fingerprint density at radius 1 is 1.45 bits per heavy atom. The Morgan fingerprint density at radius 3 is 2.80 bits per heavy atom. The smallest absolute Gasteiger partial charge is 0.262 e. The van der Waals surface area contributed by atoms with E-state index in [4.69, 9.17) is 4.74 Å². The number of fused-ring (bicyclic) bond motifs is 1. The molecule has 6 nitrogen and oxygen atoms in total. The van der Waals surface area contributed by atoms with Crippen LogP contribution in [0.2, 0.25) is 0 Å². The second-order valence-corrected chi connectivity index (χ2v) is 6.56. The lowest BCUT2D eigenvalue weighted by atomic mass is 10.2. The molecule has 0 saturated carbocycles. The third kappa shape index (κ3) is 2.94. The molecule has 110 valence electrons. The van der Waals surface area contributed by atoms with Crippen LogP contribution in [0.15, 0.2) is 17.0 Å². The highest BCUT2D eigenvalue weighted by Crippen LogP contribution is 2.32. The van der Waals surface area contributed by atoms with Gasteiger partial charge in [0.2, 0.25) is 10.0 Å². The van der Waals surface area contributed by atoms with Crippen LogP contribution in [0.25, 0.3) is 0 Å². The lowest BCUT2D eigenvalue weighted by Crippen LogP contribution is -2.33. The van der Waals surface area contributed by atoms with Crippen LogP contribution in [-0.4, -0.2) is 27.0 Å². The van der Waals surface area contributed by atoms with Gasteiger partial charge >= 0.3 is 0 Å². The lowest BCUT2D eigenvalue weighted by molar-refractivity contribution is -0.118. The highest BCUT2D eigenvalue weighted by molar-refractivity contribution is 7.89. The van der Waals surface area contributed by atoms with Crippen LogP contribution in [0.4, 0.5) is 5.69 Å². The Balaban J connectivity index is 2.41. The molecule has 1 aromatic rings. The van der Waals surface area contributed by atoms with Crippen LogP contribution in [0.1, 0.15) is 25.8 Å². The molecule has 1 amide bonds. The summed E-state index contributed by atoms with van der Waals surface area (Å²) < 4.78 is 32.5. The van der Waals surface area contributed by atoms with E-state index in [1.54, 1.807) is 13.0 Å². The summed E-state index contributed by atoms with van der Waals surface area (Å²) in [6.45, 7) is 5.30. The average Bonchev–Trinajstić information content (AvgIpc) is 2.36. The highest BCUT2D eigenvalue weighted by Gasteiger charge is 2.24. The molecule has 2 N–H and O–H groups in total. The van der Waals surface area contributed by atoms with Crippen molar-refractivity contribution < 1.29 is 17.9 Å². The quantitative estimate of drug-likeness (QED) is 0.880. The summed E-state index contributed by atoms with van der Waals surface area (Å²) >= 11 is 0. The summed E-state index contributed by atoms with van der Waals surface area (Å²) in [6.07, 6.45) is 0.704. The number of ether oxygens (including phenoxy) is 1. The number of nitrogens with one attached hydrogen (secondary N) is 2. The van der Waals surface area contributed by atoms with E-state index in [0.717, 1.165) is 0 Å². The number of aryl methyl sites for hydroxylation is 1. The molecule has 0 unspecified atom stereocenters. The minimum atomic E-state index is -3.59. The van der Waals surface area contributed by atoms with Gasteiger partial charge in [0.05, 0.1) is 10.6 Å². The molecule has 0 fully saturated rings. The number of carbonyl (C=O) groups excluding carboxylic acids is 1. The van der Waals surface area contributed by atoms with Crippen molar-refractivity contribution in [1.29, 1.82) is 0 Å². The Kier molecular flexibility index (Phi) is 4.01. The minimum absolute atomic E-state index is 0.103. The zero-order valence-corrected chi connectivity index (χ0v) is 12.5. The van der Waals surface area contributed by atoms with E-state index >= 15 is 0 Å². The number of benzene rings is 1. The maximum Gasteiger partial charge on any atom is 0.262 e. The average molecular weight is 298 g/mol. The monoisotopic (exact) mass is 298 g/mol. The number of amides is 1. The van der Waals surface area contributed by atoms with Gasteiger partial charge in [-0.15, -0.1) is 0 Å². The largest absolute Gasteiger partial charge is 0.482 e. The lowest BCUT2D eigenvalue weighted by Gasteiger charge is -2.21. The number of carbonyl (C=O) groups is 1. The molecule has 1 atom stereocenters. The molecule has 0 bridgehead atoms. The third-order valence-corrected chi connectivity index (χ3v) is 4.90. The van der Waals surface area contributed by atoms with E-state index < -0.39 is 10.0 Å². The number of hydrogen-bond acceptors (Lipinski definition) is 4. The Hall–Kier alpha value is -1.60. The molecule has 7 heteroatoms. The highest BCUT2D eigenvalue weighted by atomic mass is 32.2. The van der Waals surface area contributed by atoms with Gasteiger partial charge in [0.15, 0.2) is 6.61 Å². The maximum absolute atomic E-state index is 12.3. The van der Waals surface area contributed by atoms with Crippen molar-refractivity contribution in [2.45, 2.75) is 38.1 Å². The summed E-state index contributed by atoms with van der Waals surface area (Å²) in [5.74, 6) is 0.130. The molecule has 2 rings (SSSR count). The molecular formula is C13H18N2O4S. The first-order valence-corrected chi connectivity index (χ1v) is 7.91. The SMILES string of the molecule is CC[C@H](C)NS(=O)(=O)c1cc2c(cc1C)NC(=O)CO2. The second kappa shape index (κ2) is 5.41. The molecule has 1 aliphatic rings. The van der Waals surface area contributed by atoms with Crippen molar-refractivity contribution in [3.63, 3.8) is 0 Å². The maximum atomic E-state index is 12.3. The van der Waals surface area contributed by atoms with E-state index in [-0.39, 0.29) is 23.5 Å². The van der Waals surface area contributed by atoms with Gasteiger partial charge in [0.1, 0.15) is 5.75 Å². The number of hydrogen-bond donors (Lipinski definition) is 2. The number of sulfonamides is 1. The first-order chi connectivity index (χ1) is 9.33. The summed E-state index contributed by atoms with van der Waals surface area (Å²) in [7, 11) is -3.59. The van der Waals surface area contributed by atoms with Crippen molar-refractivity contribution in [2.24, 2.45) is 0 Å². The first kappa shape index (κ1) is 14.8. The fourth-order valence-electron chi connectivity index (χ4n) is 1.92. The van der Waals surface area contributed by atoms with Crippen LogP contribution in [0.3, 0.4) is 0 Å². The van der Waals surface area contributed by atoms with Gasteiger partial charge in [-0.05, 0) is 31.9 Å². The van der Waals surface area contributed by atoms with E-state index in [9.17, 15) is 13.2 Å². The van der Waals surface area contributed by atoms with Crippen molar-refractivity contribution in [2.75, 3.05) is 11.9 Å². The summed E-state index contributed by atoms with van der Waals surface area (Å²) in [5, 5.41) is 2.65. The van der Waals surface area contributed by atoms with Crippen LogP contribution in [0, 0.1) is 6.92 Å². The van der Waals surface area contributed by atoms with Gasteiger partial charge in [-0.25, -0.2) is 13.1 Å². The van der Waals surface area contributed by atoms with Crippen molar-refractivity contribution in [1.82, 2.24) is 4.72 Å². The Bertz CT molecular complexity index is 640. The fourth-order valence-corrected chi connectivity index (χ4v) is 3.49. The molecule has 0 saturated heterocycles. The standard InChI is InChI=1S/C13H18N2O4S/c1-4-9(3)15-20(17,18)12-6-11-10(5-8(12)2)14-13(16)7-19-11/h5-6,9,15H,4,7H2,1-3H3,(H,14,16)/t9-/m0/s1. The zero-order valence-electron chi connectivity index (χ0n) is 11.7. The molecule has 0 radical (unpaired) electrons. The molecule has 1 aliphatic heterocycles. The second-order valence-electron chi connectivity index (χ2n) is 4.88. The third-order valence-electron chi connectivity index (χ3n) is 3.17. The van der Waals surface area contributed by atoms with E-state index in [2.05, 4.69) is 10.0 Å². The summed E-state index contributed by atoms with van der Waals surface area (Å²) in [6, 6.07) is 2.92. The van der Waals surface area contributed by atoms with Crippen LogP contribution in [0.5, 0.6) is 5.75 Å². The fraction of sp³-hybridized carbons (Fsp3) is 0.462. The molecule has 0 aromatic heterocycles. The van der Waals surface area contributed by atoms with Gasteiger partial charge in [-0.1, -0.05) is 6.92 Å². The Labute approximate surface area is 118 Å². The van der Waals surface area contributed by atoms with Crippen molar-refractivity contribution in [3.05, 3.63) is 17.7 Å². The molecule has 1 heterocycles. The van der Waals surface area contributed by atoms with Crippen LogP contribution in [-0.2, 0) is 14.8 Å². The summed E-state index contributed by atoms with van der Waals surface area (Å²) in [4.78, 5) is 11.4. The number of rotatable bonds is 4. The van der Waals surface area contributed by atoms with Gasteiger partial charge < -0.3 is 10.1 Å². The number of anilines is 1. The van der Waals surface area contributed by atoms with Crippen molar-refractivity contribution >= 4 is 21.6 Å². The predicted octanol–water partition coefficient (Wildman–Crippen LogP) is 1.40. The minimum Gasteiger partial charge on any atom is -0.482 e. The van der Waals surface area contributed by atoms with Crippen molar-refractivity contribution in [3.8, 4) is 5.75 Å². The van der Waals surface area contributed by atoms with Crippen LogP contribution >= 0.6 is 0 Å². The van der Waals surface area contributed by atoms with Crippen LogP contribution < -0.4 is 14.8 Å². The predicted molar refractivity (Wildman–Crippen MR) is 75.4 cm³/mol. The zero-order chi connectivity index (χ0) is 14.9. The summed E-state index contributed by atoms with van der Waals surface area (Å²) in [5.41, 5.74) is 1.06. The van der Waals surface area contributed by atoms with E-state index in [1.807, 2.05) is 13.8 Å². The Morgan fingerprint density at radius 2 is 2.15 bits per heavy atom. The van der Waals surface area contributed by atoms with Gasteiger partial charge in [0.25, 0.3) is 5.91 Å². The molecule has 20 heavy (non-hydrogen) atoms. The van der Waals surface area contributed by atoms with E-state index in [1.165, 1.54) is 6.07 Å². The van der Waals surface area contributed by atoms with Gasteiger partial charge in [-0.2, -0.15) is 0 Å². The first-order valence-electron chi connectivity index (χ1n) is 6.43.